The number of nitrogens with zero attached hydrogens (tertiary/aromatic N) is 3. The number of rotatable bonds is 5. The van der Waals surface area contributed by atoms with Crippen molar-refractivity contribution in [2.45, 2.75) is 19.4 Å². The van der Waals surface area contributed by atoms with Crippen molar-refractivity contribution in [1.82, 2.24) is 9.88 Å². The first-order valence-corrected chi connectivity index (χ1v) is 9.16. The zero-order valence-corrected chi connectivity index (χ0v) is 15.7. The fourth-order valence-corrected chi connectivity index (χ4v) is 3.68. The topological polar surface area (TPSA) is 58.4 Å². The highest BCUT2D eigenvalue weighted by molar-refractivity contribution is 5.91. The van der Waals surface area contributed by atoms with E-state index in [0.29, 0.717) is 13.2 Å². The van der Waals surface area contributed by atoms with Crippen molar-refractivity contribution in [3.63, 3.8) is 0 Å². The van der Waals surface area contributed by atoms with Gasteiger partial charge in [-0.25, -0.2) is 0 Å². The lowest BCUT2D eigenvalue weighted by Crippen LogP contribution is -2.54. The Hall–Kier alpha value is -2.68. The second-order valence-electron chi connectivity index (χ2n) is 7.52. The van der Waals surface area contributed by atoms with Crippen LogP contribution < -0.4 is 4.74 Å². The number of hydrogen-bond donors (Lipinski definition) is 0. The van der Waals surface area contributed by atoms with Gasteiger partial charge in [-0.3, -0.25) is 9.88 Å². The molecular weight excluding hydrogens is 338 g/mol. The van der Waals surface area contributed by atoms with Gasteiger partial charge in [0.25, 0.3) is 0 Å². The Morgan fingerprint density at radius 2 is 2.22 bits per heavy atom. The summed E-state index contributed by atoms with van der Waals surface area (Å²) in [5.41, 5.74) is 1.79. The highest BCUT2D eigenvalue weighted by Crippen LogP contribution is 2.39. The van der Waals surface area contributed by atoms with Gasteiger partial charge < -0.3 is 9.47 Å². The molecule has 5 heteroatoms. The molecule has 5 nitrogen and oxygen atoms in total. The summed E-state index contributed by atoms with van der Waals surface area (Å²) in [6.07, 6.45) is 10.5. The number of allylic oxidation sites excluding steroid dienone is 4. The van der Waals surface area contributed by atoms with Crippen molar-refractivity contribution in [1.29, 1.82) is 5.26 Å². The number of ether oxygens (including phenoxy) is 2. The van der Waals surface area contributed by atoms with E-state index in [4.69, 9.17) is 9.47 Å². The quantitative estimate of drug-likeness (QED) is 0.811. The molecule has 1 aliphatic heterocycles. The van der Waals surface area contributed by atoms with Crippen LogP contribution in [0.25, 0.3) is 16.3 Å². The Balaban J connectivity index is 1.65. The van der Waals surface area contributed by atoms with Gasteiger partial charge in [0.15, 0.2) is 0 Å². The number of aromatic nitrogens is 1. The Bertz CT molecular complexity index is 954. The number of fused-ring (bicyclic) bond motifs is 1. The summed E-state index contributed by atoms with van der Waals surface area (Å²) in [6.45, 7) is 4.32. The summed E-state index contributed by atoms with van der Waals surface area (Å²) in [5.74, 6) is 0.854. The van der Waals surface area contributed by atoms with Gasteiger partial charge in [0, 0.05) is 38.0 Å². The monoisotopic (exact) mass is 361 g/mol. The maximum Gasteiger partial charge on any atom is 0.129 e. The predicted octanol–water partition coefficient (Wildman–Crippen LogP) is 3.77. The van der Waals surface area contributed by atoms with Gasteiger partial charge in [0.05, 0.1) is 18.2 Å². The third kappa shape index (κ3) is 3.59. The Labute approximate surface area is 159 Å². The lowest BCUT2D eigenvalue weighted by Gasteiger charge is -2.38. The van der Waals surface area contributed by atoms with E-state index in [-0.39, 0.29) is 6.10 Å². The minimum absolute atomic E-state index is 0.156. The minimum Gasteiger partial charge on any atom is -0.487 e. The van der Waals surface area contributed by atoms with E-state index >= 15 is 0 Å². The number of pyridine rings is 1. The molecule has 0 spiro atoms. The van der Waals surface area contributed by atoms with E-state index in [0.717, 1.165) is 40.7 Å². The first-order chi connectivity index (χ1) is 13.1. The Morgan fingerprint density at radius 1 is 1.37 bits per heavy atom. The highest BCUT2D eigenvalue weighted by atomic mass is 16.5. The summed E-state index contributed by atoms with van der Waals surface area (Å²) >= 11 is 0. The summed E-state index contributed by atoms with van der Waals surface area (Å²) in [6, 6.07) is 8.67. The molecule has 0 saturated carbocycles. The van der Waals surface area contributed by atoms with Crippen LogP contribution in [0.4, 0.5) is 0 Å². The van der Waals surface area contributed by atoms with Crippen LogP contribution in [-0.2, 0) is 4.74 Å². The summed E-state index contributed by atoms with van der Waals surface area (Å²) in [5, 5.41) is 11.6. The van der Waals surface area contributed by atoms with Crippen LogP contribution in [0, 0.1) is 16.7 Å². The standard InChI is InChI=1S/C22H23N3O2/c1-22(14-23)6-3-4-17(10-22)18-8-16-5-7-24-11-20(16)21(9-18)27-19-12-25(13-19)15-26-2/h3-9,11,19H,10,12-13,15H2,1-2H3. The van der Waals surface area contributed by atoms with Crippen LogP contribution in [0.3, 0.4) is 0 Å². The fourth-order valence-electron chi connectivity index (χ4n) is 3.68. The van der Waals surface area contributed by atoms with Crippen LogP contribution in [-0.4, -0.2) is 42.9 Å². The predicted molar refractivity (Wildman–Crippen MR) is 105 cm³/mol. The molecular formula is C22H23N3O2. The van der Waals surface area contributed by atoms with Crippen LogP contribution >= 0.6 is 0 Å². The molecule has 2 aromatic rings. The summed E-state index contributed by atoms with van der Waals surface area (Å²) in [4.78, 5) is 6.46. The van der Waals surface area contributed by atoms with Gasteiger partial charge in [-0.1, -0.05) is 18.2 Å². The van der Waals surface area contributed by atoms with Gasteiger partial charge in [-0.05, 0) is 48.1 Å². The average molecular weight is 361 g/mol. The number of hydrogen-bond acceptors (Lipinski definition) is 5. The van der Waals surface area contributed by atoms with Crippen molar-refractivity contribution in [2.24, 2.45) is 5.41 Å². The largest absolute Gasteiger partial charge is 0.487 e. The van der Waals surface area contributed by atoms with Crippen LogP contribution in [0.2, 0.25) is 0 Å². The molecule has 1 aromatic carbocycles. The van der Waals surface area contributed by atoms with E-state index in [1.807, 2.05) is 31.3 Å². The molecule has 0 radical (unpaired) electrons. The van der Waals surface area contributed by atoms with Crippen molar-refractivity contribution in [3.8, 4) is 11.8 Å². The van der Waals surface area contributed by atoms with E-state index < -0.39 is 5.41 Å². The zero-order valence-electron chi connectivity index (χ0n) is 15.7. The molecule has 2 heterocycles. The fraction of sp³-hybridized carbons (Fsp3) is 0.364. The van der Waals surface area contributed by atoms with Gasteiger partial charge in [-0.2, -0.15) is 5.26 Å². The van der Waals surface area contributed by atoms with Gasteiger partial charge in [0.1, 0.15) is 11.9 Å². The Kier molecular flexibility index (Phi) is 4.69. The van der Waals surface area contributed by atoms with Gasteiger partial charge in [0.2, 0.25) is 0 Å². The van der Waals surface area contributed by atoms with E-state index in [2.05, 4.69) is 34.2 Å². The van der Waals surface area contributed by atoms with Crippen LogP contribution in [0.15, 0.2) is 48.8 Å². The number of benzene rings is 1. The van der Waals surface area contributed by atoms with E-state index in [1.165, 1.54) is 0 Å². The molecule has 0 N–H and O–H groups in total. The van der Waals surface area contributed by atoms with Crippen molar-refractivity contribution in [2.75, 3.05) is 26.9 Å². The molecule has 1 aromatic heterocycles. The molecule has 1 aliphatic carbocycles. The third-order valence-corrected chi connectivity index (χ3v) is 5.19. The van der Waals surface area contributed by atoms with Gasteiger partial charge >= 0.3 is 0 Å². The number of likely N-dealkylation sites (tertiary alicyclic amines) is 1. The van der Waals surface area contributed by atoms with Gasteiger partial charge in [-0.15, -0.1) is 0 Å². The minimum atomic E-state index is -0.465. The molecule has 138 valence electrons. The molecule has 4 rings (SSSR count). The van der Waals surface area contributed by atoms with E-state index in [9.17, 15) is 5.26 Å². The highest BCUT2D eigenvalue weighted by Gasteiger charge is 2.29. The molecule has 27 heavy (non-hydrogen) atoms. The smallest absolute Gasteiger partial charge is 0.129 e. The average Bonchev–Trinajstić information content (AvgIpc) is 2.66. The molecule has 1 unspecified atom stereocenters. The van der Waals surface area contributed by atoms with Crippen molar-refractivity contribution in [3.05, 3.63) is 54.4 Å². The normalized spacial score (nSPS) is 22.9. The molecule has 0 bridgehead atoms. The first-order valence-electron chi connectivity index (χ1n) is 9.16. The molecule has 2 aliphatic rings. The zero-order chi connectivity index (χ0) is 18.9. The third-order valence-electron chi connectivity index (χ3n) is 5.19. The second kappa shape index (κ2) is 7.15. The SMILES string of the molecule is COCN1CC(Oc2cc(C3=CC=CC(C)(C#N)C3)cc3ccncc23)C1. The summed E-state index contributed by atoms with van der Waals surface area (Å²) < 4.78 is 11.5. The first kappa shape index (κ1) is 17.7. The van der Waals surface area contributed by atoms with Crippen LogP contribution in [0.5, 0.6) is 5.75 Å². The number of methoxy groups -OCH3 is 1. The maximum absolute atomic E-state index is 9.49. The number of nitriles is 1. The lowest BCUT2D eigenvalue weighted by atomic mass is 9.79. The van der Waals surface area contributed by atoms with E-state index in [1.54, 1.807) is 13.3 Å². The molecule has 1 fully saturated rings. The van der Waals surface area contributed by atoms with Crippen molar-refractivity contribution >= 4 is 16.3 Å². The Morgan fingerprint density at radius 3 is 3.00 bits per heavy atom. The second-order valence-corrected chi connectivity index (χ2v) is 7.52. The summed E-state index contributed by atoms with van der Waals surface area (Å²) in [7, 11) is 1.71. The molecule has 1 saturated heterocycles. The lowest BCUT2D eigenvalue weighted by molar-refractivity contribution is -0.0454. The van der Waals surface area contributed by atoms with Crippen molar-refractivity contribution < 1.29 is 9.47 Å². The molecule has 1 atom stereocenters. The molecule has 0 amide bonds. The van der Waals surface area contributed by atoms with Crippen LogP contribution in [0.1, 0.15) is 18.9 Å². The maximum atomic E-state index is 9.49.